The third kappa shape index (κ3) is 3.79. The molecule has 0 spiro atoms. The van der Waals surface area contributed by atoms with E-state index in [0.717, 1.165) is 5.56 Å². The lowest BCUT2D eigenvalue weighted by atomic mass is 10.3. The predicted octanol–water partition coefficient (Wildman–Crippen LogP) is 0.803. The first-order valence-corrected chi connectivity index (χ1v) is 5.80. The van der Waals surface area contributed by atoms with Crippen molar-refractivity contribution >= 4 is 17.5 Å². The van der Waals surface area contributed by atoms with Gasteiger partial charge in [0, 0.05) is 13.1 Å². The molecule has 2 rings (SSSR count). The first-order valence-electron chi connectivity index (χ1n) is 5.43. The van der Waals surface area contributed by atoms with E-state index < -0.39 is 0 Å². The van der Waals surface area contributed by atoms with E-state index in [1.54, 1.807) is 29.2 Å². The first kappa shape index (κ1) is 13.1. The van der Waals surface area contributed by atoms with Gasteiger partial charge in [0.1, 0.15) is 0 Å². The second-order valence-electron chi connectivity index (χ2n) is 3.60. The average molecular weight is 276 g/mol. The Morgan fingerprint density at radius 3 is 3.00 bits per heavy atom. The monoisotopic (exact) mass is 275 g/mol. The number of hydrogen-bond acceptors (Lipinski definition) is 4. The van der Waals surface area contributed by atoms with Gasteiger partial charge in [0.2, 0.25) is 5.91 Å². The molecule has 2 aromatic rings. The molecular weight excluding hydrogens is 266 g/mol. The second-order valence-corrected chi connectivity index (χ2v) is 3.99. The molecule has 2 aromatic heterocycles. The van der Waals surface area contributed by atoms with E-state index in [1.807, 2.05) is 0 Å². The molecule has 0 unspecified atom stereocenters. The number of amides is 1. The zero-order chi connectivity index (χ0) is 13.7. The Bertz CT molecular complexity index is 638. The van der Waals surface area contributed by atoms with E-state index in [0.29, 0.717) is 17.5 Å². The zero-order valence-corrected chi connectivity index (χ0v) is 10.8. The van der Waals surface area contributed by atoms with E-state index in [-0.39, 0.29) is 5.91 Å². The summed E-state index contributed by atoms with van der Waals surface area (Å²) in [6.07, 6.45) is 3.33. The minimum absolute atomic E-state index is 0.110. The Hall–Kier alpha value is -2.39. The summed E-state index contributed by atoms with van der Waals surface area (Å²) in [6.45, 7) is 1.75. The number of aromatic nitrogens is 4. The molecule has 0 atom stereocenters. The molecule has 0 aliphatic rings. The van der Waals surface area contributed by atoms with Crippen molar-refractivity contribution in [2.45, 2.75) is 6.92 Å². The maximum absolute atomic E-state index is 10.7. The SMILES string of the molecule is CC(=O)NCC#Cc1cnn(-c2ccc(Cl)nn2)c1. The second kappa shape index (κ2) is 5.98. The van der Waals surface area contributed by atoms with Gasteiger partial charge >= 0.3 is 0 Å². The summed E-state index contributed by atoms with van der Waals surface area (Å²) >= 11 is 5.65. The first-order chi connectivity index (χ1) is 9.15. The molecule has 0 fully saturated rings. The van der Waals surface area contributed by atoms with Crippen molar-refractivity contribution in [3.63, 3.8) is 0 Å². The molecule has 2 heterocycles. The predicted molar refractivity (Wildman–Crippen MR) is 69.7 cm³/mol. The molecule has 0 radical (unpaired) electrons. The van der Waals surface area contributed by atoms with Crippen LogP contribution in [0.15, 0.2) is 24.5 Å². The fourth-order valence-corrected chi connectivity index (χ4v) is 1.36. The Morgan fingerprint density at radius 2 is 2.32 bits per heavy atom. The van der Waals surface area contributed by atoms with Gasteiger partial charge in [-0.05, 0) is 12.1 Å². The molecule has 0 saturated heterocycles. The maximum Gasteiger partial charge on any atom is 0.217 e. The van der Waals surface area contributed by atoms with Crippen LogP contribution in [0.2, 0.25) is 5.15 Å². The van der Waals surface area contributed by atoms with Gasteiger partial charge in [0.05, 0.1) is 18.3 Å². The number of carbonyl (C=O) groups is 1. The summed E-state index contributed by atoms with van der Waals surface area (Å²) in [4.78, 5) is 10.7. The van der Waals surface area contributed by atoms with Gasteiger partial charge in [0.15, 0.2) is 11.0 Å². The van der Waals surface area contributed by atoms with E-state index in [4.69, 9.17) is 11.6 Å². The number of hydrogen-bond donors (Lipinski definition) is 1. The summed E-state index contributed by atoms with van der Waals surface area (Å²) in [6, 6.07) is 3.34. The van der Waals surface area contributed by atoms with Crippen molar-refractivity contribution in [2.24, 2.45) is 0 Å². The van der Waals surface area contributed by atoms with Crippen LogP contribution in [-0.2, 0) is 4.79 Å². The lowest BCUT2D eigenvalue weighted by molar-refractivity contribution is -0.118. The van der Waals surface area contributed by atoms with Gasteiger partial charge in [-0.3, -0.25) is 4.79 Å². The third-order valence-corrected chi connectivity index (χ3v) is 2.30. The summed E-state index contributed by atoms with van der Waals surface area (Å²) < 4.78 is 1.55. The van der Waals surface area contributed by atoms with Crippen LogP contribution in [0.1, 0.15) is 12.5 Å². The maximum atomic E-state index is 10.7. The molecule has 1 amide bonds. The fraction of sp³-hybridized carbons (Fsp3) is 0.167. The Kier molecular flexibility index (Phi) is 4.11. The van der Waals surface area contributed by atoms with Crippen molar-refractivity contribution in [3.05, 3.63) is 35.2 Å². The van der Waals surface area contributed by atoms with Crippen LogP contribution in [0.4, 0.5) is 0 Å². The van der Waals surface area contributed by atoms with Crippen molar-refractivity contribution in [1.29, 1.82) is 0 Å². The highest BCUT2D eigenvalue weighted by molar-refractivity contribution is 6.29. The number of halogens is 1. The van der Waals surface area contributed by atoms with E-state index in [2.05, 4.69) is 32.5 Å². The van der Waals surface area contributed by atoms with Crippen molar-refractivity contribution in [3.8, 4) is 17.7 Å². The summed E-state index contributed by atoms with van der Waals surface area (Å²) in [5.74, 6) is 6.14. The number of nitrogens with one attached hydrogen (secondary N) is 1. The van der Waals surface area contributed by atoms with Crippen LogP contribution in [0.5, 0.6) is 0 Å². The molecule has 6 nitrogen and oxygen atoms in total. The van der Waals surface area contributed by atoms with Gasteiger partial charge in [-0.15, -0.1) is 10.2 Å². The molecule has 1 N–H and O–H groups in total. The van der Waals surface area contributed by atoms with E-state index in [1.165, 1.54) is 6.92 Å². The van der Waals surface area contributed by atoms with Gasteiger partial charge in [0.25, 0.3) is 0 Å². The van der Waals surface area contributed by atoms with Crippen LogP contribution in [-0.4, -0.2) is 32.4 Å². The van der Waals surface area contributed by atoms with Gasteiger partial charge < -0.3 is 5.32 Å². The van der Waals surface area contributed by atoms with Crippen molar-refractivity contribution < 1.29 is 4.79 Å². The molecular formula is C12H10ClN5O. The molecule has 0 aromatic carbocycles. The normalized spacial score (nSPS) is 9.58. The minimum atomic E-state index is -0.110. The summed E-state index contributed by atoms with van der Waals surface area (Å²) in [5, 5.41) is 14.6. The summed E-state index contributed by atoms with van der Waals surface area (Å²) in [5.41, 5.74) is 0.724. The molecule has 7 heteroatoms. The highest BCUT2D eigenvalue weighted by Gasteiger charge is 2.01. The lowest BCUT2D eigenvalue weighted by Gasteiger charge is -1.96. The van der Waals surface area contributed by atoms with Gasteiger partial charge in [-0.1, -0.05) is 23.4 Å². The highest BCUT2D eigenvalue weighted by atomic mass is 35.5. The molecule has 96 valence electrons. The van der Waals surface area contributed by atoms with Crippen LogP contribution in [0, 0.1) is 11.8 Å². The smallest absolute Gasteiger partial charge is 0.217 e. The third-order valence-electron chi connectivity index (χ3n) is 2.09. The van der Waals surface area contributed by atoms with Gasteiger partial charge in [-0.25, -0.2) is 4.68 Å². The van der Waals surface area contributed by atoms with Crippen LogP contribution in [0.3, 0.4) is 0 Å². The fourth-order valence-electron chi connectivity index (χ4n) is 1.26. The standard InChI is InChI=1S/C12H10ClN5O/c1-9(19)14-6-2-3-10-7-15-18(8-10)12-5-4-11(13)16-17-12/h4-5,7-8H,6H2,1H3,(H,14,19). The van der Waals surface area contributed by atoms with Crippen LogP contribution >= 0.6 is 11.6 Å². The Balaban J connectivity index is 2.06. The topological polar surface area (TPSA) is 72.7 Å². The average Bonchev–Trinajstić information content (AvgIpc) is 2.84. The minimum Gasteiger partial charge on any atom is -0.345 e. The van der Waals surface area contributed by atoms with E-state index >= 15 is 0 Å². The van der Waals surface area contributed by atoms with Crippen molar-refractivity contribution in [1.82, 2.24) is 25.3 Å². The van der Waals surface area contributed by atoms with Gasteiger partial charge in [-0.2, -0.15) is 5.10 Å². The van der Waals surface area contributed by atoms with Crippen molar-refractivity contribution in [2.75, 3.05) is 6.54 Å². The zero-order valence-electron chi connectivity index (χ0n) is 10.1. The highest BCUT2D eigenvalue weighted by Crippen LogP contribution is 2.06. The Morgan fingerprint density at radius 1 is 1.47 bits per heavy atom. The molecule has 0 aliphatic heterocycles. The molecule has 19 heavy (non-hydrogen) atoms. The number of carbonyl (C=O) groups excluding carboxylic acids is 1. The van der Waals surface area contributed by atoms with Crippen LogP contribution < -0.4 is 5.32 Å². The summed E-state index contributed by atoms with van der Waals surface area (Å²) in [7, 11) is 0. The lowest BCUT2D eigenvalue weighted by Crippen LogP contribution is -2.19. The molecule has 0 bridgehead atoms. The van der Waals surface area contributed by atoms with E-state index in [9.17, 15) is 4.79 Å². The number of rotatable bonds is 2. The quantitative estimate of drug-likeness (QED) is 0.823. The number of nitrogens with zero attached hydrogens (tertiary/aromatic N) is 4. The molecule has 0 saturated carbocycles. The Labute approximate surface area is 114 Å². The van der Waals surface area contributed by atoms with Crippen LogP contribution in [0.25, 0.3) is 5.82 Å². The molecule has 0 aliphatic carbocycles. The largest absolute Gasteiger partial charge is 0.345 e.